The molecule has 18 heavy (non-hydrogen) atoms. The second-order valence-electron chi connectivity index (χ2n) is 5.01. The van der Waals surface area contributed by atoms with Crippen LogP contribution in [-0.2, 0) is 11.8 Å². The van der Waals surface area contributed by atoms with E-state index in [9.17, 15) is 4.79 Å². The lowest BCUT2D eigenvalue weighted by molar-refractivity contribution is -0.116. The summed E-state index contributed by atoms with van der Waals surface area (Å²) in [7, 11) is 1.91. The van der Waals surface area contributed by atoms with Crippen LogP contribution in [0.4, 0.5) is 0 Å². The zero-order valence-corrected chi connectivity index (χ0v) is 11.9. The maximum atomic E-state index is 11.6. The van der Waals surface area contributed by atoms with Crippen molar-refractivity contribution in [2.75, 3.05) is 6.54 Å². The first-order valence-corrected chi connectivity index (χ1v) is 6.38. The van der Waals surface area contributed by atoms with Gasteiger partial charge in [0.15, 0.2) is 0 Å². The second-order valence-corrected chi connectivity index (χ2v) is 5.01. The maximum absolute atomic E-state index is 11.6. The zero-order valence-electron chi connectivity index (χ0n) is 11.9. The molecule has 0 radical (unpaired) electrons. The Kier molecular flexibility index (Phi) is 5.13. The van der Waals surface area contributed by atoms with Gasteiger partial charge in [-0.15, -0.1) is 0 Å². The Labute approximate surface area is 109 Å². The van der Waals surface area contributed by atoms with Crippen molar-refractivity contribution in [1.29, 1.82) is 0 Å². The molecule has 1 amide bonds. The first-order chi connectivity index (χ1) is 8.41. The van der Waals surface area contributed by atoms with Crippen LogP contribution in [0.15, 0.2) is 6.08 Å². The number of nitrogens with one attached hydrogen (secondary N) is 1. The van der Waals surface area contributed by atoms with Crippen LogP contribution in [-0.4, -0.2) is 22.2 Å². The van der Waals surface area contributed by atoms with Gasteiger partial charge in [0.1, 0.15) is 0 Å². The van der Waals surface area contributed by atoms with Gasteiger partial charge in [-0.25, -0.2) is 0 Å². The van der Waals surface area contributed by atoms with Crippen molar-refractivity contribution in [2.24, 2.45) is 13.0 Å². The van der Waals surface area contributed by atoms with E-state index in [2.05, 4.69) is 24.3 Å². The van der Waals surface area contributed by atoms with Crippen LogP contribution in [0.3, 0.4) is 0 Å². The molecule has 1 N–H and O–H groups in total. The summed E-state index contributed by atoms with van der Waals surface area (Å²) in [5.41, 5.74) is 3.04. The van der Waals surface area contributed by atoms with Gasteiger partial charge in [0.25, 0.3) is 0 Å². The number of aromatic nitrogens is 2. The van der Waals surface area contributed by atoms with Crippen LogP contribution in [0.5, 0.6) is 0 Å². The molecule has 0 aromatic carbocycles. The molecule has 4 nitrogen and oxygen atoms in total. The van der Waals surface area contributed by atoms with Crippen LogP contribution in [0, 0.1) is 19.8 Å². The molecule has 1 aromatic rings. The molecule has 0 atom stereocenters. The van der Waals surface area contributed by atoms with Crippen molar-refractivity contribution in [3.63, 3.8) is 0 Å². The summed E-state index contributed by atoms with van der Waals surface area (Å²) in [6, 6.07) is 0. The van der Waals surface area contributed by atoms with E-state index >= 15 is 0 Å². The summed E-state index contributed by atoms with van der Waals surface area (Å²) in [6.45, 7) is 8.96. The number of hydrogen-bond acceptors (Lipinski definition) is 2. The Morgan fingerprint density at radius 2 is 2.11 bits per heavy atom. The number of amides is 1. The first-order valence-electron chi connectivity index (χ1n) is 6.38. The average molecular weight is 249 g/mol. The average Bonchev–Trinajstić information content (AvgIpc) is 2.50. The van der Waals surface area contributed by atoms with E-state index < -0.39 is 0 Å². The molecule has 0 spiro atoms. The quantitative estimate of drug-likeness (QED) is 0.813. The molecule has 1 heterocycles. The van der Waals surface area contributed by atoms with E-state index in [1.54, 1.807) is 6.08 Å². The van der Waals surface area contributed by atoms with Crippen LogP contribution in [0.1, 0.15) is 37.2 Å². The second kappa shape index (κ2) is 6.38. The lowest BCUT2D eigenvalue weighted by Crippen LogP contribution is -2.23. The Morgan fingerprint density at radius 1 is 1.44 bits per heavy atom. The van der Waals surface area contributed by atoms with Gasteiger partial charge in [0.2, 0.25) is 5.91 Å². The highest BCUT2D eigenvalue weighted by Crippen LogP contribution is 2.13. The molecule has 0 bridgehead atoms. The summed E-state index contributed by atoms with van der Waals surface area (Å²) < 4.78 is 1.83. The highest BCUT2D eigenvalue weighted by atomic mass is 16.1. The third kappa shape index (κ3) is 4.02. The molecular formula is C14H23N3O. The Bertz CT molecular complexity index is 444. The number of nitrogens with zero attached hydrogens (tertiary/aromatic N) is 2. The smallest absolute Gasteiger partial charge is 0.244 e. The molecule has 0 aliphatic heterocycles. The minimum Gasteiger partial charge on any atom is -0.353 e. The van der Waals surface area contributed by atoms with E-state index in [1.807, 2.05) is 31.7 Å². The zero-order chi connectivity index (χ0) is 13.7. The van der Waals surface area contributed by atoms with Gasteiger partial charge in [0, 0.05) is 30.9 Å². The minimum atomic E-state index is -0.0432. The molecule has 100 valence electrons. The van der Waals surface area contributed by atoms with E-state index in [-0.39, 0.29) is 5.91 Å². The summed E-state index contributed by atoms with van der Waals surface area (Å²) in [5, 5.41) is 7.18. The van der Waals surface area contributed by atoms with Gasteiger partial charge in [-0.3, -0.25) is 9.48 Å². The van der Waals surface area contributed by atoms with Crippen molar-refractivity contribution in [3.8, 4) is 0 Å². The first kappa shape index (κ1) is 14.5. The molecule has 1 aromatic heterocycles. The largest absolute Gasteiger partial charge is 0.353 e. The van der Waals surface area contributed by atoms with E-state index in [0.29, 0.717) is 5.92 Å². The lowest BCUT2D eigenvalue weighted by Gasteiger charge is -2.04. The van der Waals surface area contributed by atoms with Crippen LogP contribution in [0.2, 0.25) is 0 Å². The fraction of sp³-hybridized carbons (Fsp3) is 0.571. The van der Waals surface area contributed by atoms with Gasteiger partial charge in [-0.1, -0.05) is 13.8 Å². The van der Waals surface area contributed by atoms with Crippen LogP contribution >= 0.6 is 0 Å². The fourth-order valence-corrected chi connectivity index (χ4v) is 1.73. The van der Waals surface area contributed by atoms with Gasteiger partial charge in [0.05, 0.1) is 5.69 Å². The van der Waals surface area contributed by atoms with Gasteiger partial charge >= 0.3 is 0 Å². The summed E-state index contributed by atoms with van der Waals surface area (Å²) in [5.74, 6) is 0.565. The van der Waals surface area contributed by atoms with Crippen molar-refractivity contribution in [3.05, 3.63) is 23.0 Å². The van der Waals surface area contributed by atoms with Gasteiger partial charge < -0.3 is 5.32 Å². The fourth-order valence-electron chi connectivity index (χ4n) is 1.73. The highest BCUT2D eigenvalue weighted by molar-refractivity contribution is 5.91. The lowest BCUT2D eigenvalue weighted by atomic mass is 10.1. The van der Waals surface area contributed by atoms with E-state index in [4.69, 9.17) is 0 Å². The predicted octanol–water partition coefficient (Wildman–Crippen LogP) is 2.21. The third-order valence-corrected chi connectivity index (χ3v) is 2.99. The maximum Gasteiger partial charge on any atom is 0.244 e. The number of rotatable bonds is 5. The normalized spacial score (nSPS) is 11.4. The number of aryl methyl sites for hydroxylation is 2. The molecule has 0 aliphatic rings. The summed E-state index contributed by atoms with van der Waals surface area (Å²) in [4.78, 5) is 11.6. The summed E-state index contributed by atoms with van der Waals surface area (Å²) in [6.07, 6.45) is 4.42. The Balaban J connectivity index is 2.56. The molecule has 0 fully saturated rings. The molecule has 1 rings (SSSR count). The molecule has 0 aliphatic carbocycles. The SMILES string of the molecule is Cc1nn(C)c(C)c1/C=C/C(=O)NCCC(C)C. The van der Waals surface area contributed by atoms with Crippen molar-refractivity contribution >= 4 is 12.0 Å². The number of carbonyl (C=O) groups excluding carboxylic acids is 1. The van der Waals surface area contributed by atoms with Crippen LogP contribution < -0.4 is 5.32 Å². The summed E-state index contributed by atoms with van der Waals surface area (Å²) >= 11 is 0. The number of hydrogen-bond donors (Lipinski definition) is 1. The Morgan fingerprint density at radius 3 is 2.61 bits per heavy atom. The van der Waals surface area contributed by atoms with E-state index in [1.165, 1.54) is 0 Å². The molecule has 4 heteroatoms. The third-order valence-electron chi connectivity index (χ3n) is 2.99. The highest BCUT2D eigenvalue weighted by Gasteiger charge is 2.06. The molecular weight excluding hydrogens is 226 g/mol. The minimum absolute atomic E-state index is 0.0432. The Hall–Kier alpha value is -1.58. The van der Waals surface area contributed by atoms with Gasteiger partial charge in [-0.05, 0) is 32.3 Å². The molecule has 0 saturated heterocycles. The predicted molar refractivity (Wildman–Crippen MR) is 74.2 cm³/mol. The van der Waals surface area contributed by atoms with Crippen molar-refractivity contribution in [1.82, 2.24) is 15.1 Å². The standard InChI is InChI=1S/C14H23N3O/c1-10(2)8-9-15-14(18)7-6-13-11(3)16-17(5)12(13)4/h6-7,10H,8-9H2,1-5H3,(H,15,18)/b7-6+. The van der Waals surface area contributed by atoms with Crippen molar-refractivity contribution in [2.45, 2.75) is 34.1 Å². The monoisotopic (exact) mass is 249 g/mol. The van der Waals surface area contributed by atoms with E-state index in [0.717, 1.165) is 29.9 Å². The molecule has 0 saturated carbocycles. The topological polar surface area (TPSA) is 46.9 Å². The van der Waals surface area contributed by atoms with Crippen molar-refractivity contribution < 1.29 is 4.79 Å². The molecule has 0 unspecified atom stereocenters. The van der Waals surface area contributed by atoms with Gasteiger partial charge in [-0.2, -0.15) is 5.10 Å². The number of carbonyl (C=O) groups is 1. The van der Waals surface area contributed by atoms with Crippen LogP contribution in [0.25, 0.3) is 6.08 Å².